The van der Waals surface area contributed by atoms with E-state index in [0.717, 1.165) is 24.3 Å². The summed E-state index contributed by atoms with van der Waals surface area (Å²) < 4.78 is 19.3. The van der Waals surface area contributed by atoms with Crippen molar-refractivity contribution in [3.8, 4) is 5.75 Å². The Hall–Kier alpha value is -1.87. The number of hydrogen-bond acceptors (Lipinski definition) is 2. The monoisotopic (exact) mass is 285 g/mol. The average Bonchev–Trinajstić information content (AvgIpc) is 2.52. The van der Waals surface area contributed by atoms with Crippen molar-refractivity contribution in [3.05, 3.63) is 65.5 Å². The summed E-state index contributed by atoms with van der Waals surface area (Å²) in [7, 11) is 0. The smallest absolute Gasteiger partial charge is 0.123 e. The Bertz CT molecular complexity index is 614. The highest BCUT2D eigenvalue weighted by atomic mass is 19.1. The molecule has 2 unspecified atom stereocenters. The standard InChI is InChI=1S/C18H20FNO/c1-2-20-18(13-6-5-7-14(19)12-13)16-10-11-21-17-9-4-3-8-15(16)17/h3-9,12,16,18,20H,2,10-11H2,1H3. The van der Waals surface area contributed by atoms with Gasteiger partial charge in [-0.05, 0) is 42.3 Å². The number of likely N-dealkylation sites (N-methyl/N-ethyl adjacent to an activating group) is 1. The third-order valence-electron chi connectivity index (χ3n) is 4.04. The van der Waals surface area contributed by atoms with Crippen LogP contribution in [0, 0.1) is 5.82 Å². The fraction of sp³-hybridized carbons (Fsp3) is 0.333. The molecular weight excluding hydrogens is 265 g/mol. The van der Waals surface area contributed by atoms with E-state index in [-0.39, 0.29) is 11.9 Å². The van der Waals surface area contributed by atoms with Crippen LogP contribution in [0.2, 0.25) is 0 Å². The molecule has 1 aliphatic rings. The van der Waals surface area contributed by atoms with Crippen LogP contribution in [0.15, 0.2) is 48.5 Å². The van der Waals surface area contributed by atoms with Crippen molar-refractivity contribution in [3.63, 3.8) is 0 Å². The van der Waals surface area contributed by atoms with Gasteiger partial charge >= 0.3 is 0 Å². The maximum absolute atomic E-state index is 13.6. The summed E-state index contributed by atoms with van der Waals surface area (Å²) >= 11 is 0. The van der Waals surface area contributed by atoms with Gasteiger partial charge in [-0.2, -0.15) is 0 Å². The predicted octanol–water partition coefficient (Wildman–Crippen LogP) is 4.04. The third-order valence-corrected chi connectivity index (χ3v) is 4.04. The van der Waals surface area contributed by atoms with Gasteiger partial charge in [0.25, 0.3) is 0 Å². The molecule has 3 rings (SSSR count). The maximum Gasteiger partial charge on any atom is 0.123 e. The number of benzene rings is 2. The van der Waals surface area contributed by atoms with E-state index in [9.17, 15) is 4.39 Å². The zero-order valence-electron chi connectivity index (χ0n) is 12.2. The molecule has 0 aliphatic carbocycles. The van der Waals surface area contributed by atoms with Crippen LogP contribution in [0.1, 0.15) is 36.4 Å². The molecule has 1 aliphatic heterocycles. The van der Waals surface area contributed by atoms with E-state index in [1.165, 1.54) is 11.6 Å². The Morgan fingerprint density at radius 3 is 2.90 bits per heavy atom. The summed E-state index contributed by atoms with van der Waals surface area (Å²) in [5, 5.41) is 3.51. The second kappa shape index (κ2) is 6.27. The fourth-order valence-corrected chi connectivity index (χ4v) is 3.13. The van der Waals surface area contributed by atoms with Crippen LogP contribution in [-0.2, 0) is 0 Å². The molecule has 3 heteroatoms. The lowest BCUT2D eigenvalue weighted by molar-refractivity contribution is 0.246. The minimum atomic E-state index is -0.184. The van der Waals surface area contributed by atoms with Crippen LogP contribution in [0.5, 0.6) is 5.75 Å². The number of fused-ring (bicyclic) bond motifs is 1. The summed E-state index contributed by atoms with van der Waals surface area (Å²) in [6, 6.07) is 15.2. The first kappa shape index (κ1) is 14.1. The van der Waals surface area contributed by atoms with E-state index in [1.807, 2.05) is 24.3 Å². The number of nitrogens with one attached hydrogen (secondary N) is 1. The Morgan fingerprint density at radius 1 is 1.24 bits per heavy atom. The van der Waals surface area contributed by atoms with E-state index >= 15 is 0 Å². The second-order valence-corrected chi connectivity index (χ2v) is 5.37. The molecule has 0 amide bonds. The van der Waals surface area contributed by atoms with Crippen molar-refractivity contribution in [1.29, 1.82) is 0 Å². The molecule has 2 atom stereocenters. The number of para-hydroxylation sites is 1. The quantitative estimate of drug-likeness (QED) is 0.915. The van der Waals surface area contributed by atoms with E-state index < -0.39 is 0 Å². The second-order valence-electron chi connectivity index (χ2n) is 5.37. The molecule has 21 heavy (non-hydrogen) atoms. The zero-order valence-corrected chi connectivity index (χ0v) is 12.2. The predicted molar refractivity (Wildman–Crippen MR) is 82.1 cm³/mol. The number of hydrogen-bond donors (Lipinski definition) is 1. The minimum Gasteiger partial charge on any atom is -0.493 e. The van der Waals surface area contributed by atoms with Gasteiger partial charge in [-0.1, -0.05) is 37.3 Å². The zero-order chi connectivity index (χ0) is 14.7. The topological polar surface area (TPSA) is 21.3 Å². The number of ether oxygens (including phenoxy) is 1. The first-order chi connectivity index (χ1) is 10.3. The van der Waals surface area contributed by atoms with Crippen molar-refractivity contribution >= 4 is 0 Å². The summed E-state index contributed by atoms with van der Waals surface area (Å²) in [5.41, 5.74) is 2.21. The summed E-state index contributed by atoms with van der Waals surface area (Å²) in [6.07, 6.45) is 0.936. The molecule has 0 saturated heterocycles. The highest BCUT2D eigenvalue weighted by molar-refractivity contribution is 5.40. The Labute approximate surface area is 125 Å². The van der Waals surface area contributed by atoms with Gasteiger partial charge < -0.3 is 10.1 Å². The molecule has 1 N–H and O–H groups in total. The van der Waals surface area contributed by atoms with Gasteiger partial charge in [0, 0.05) is 12.0 Å². The summed E-state index contributed by atoms with van der Waals surface area (Å²) in [6.45, 7) is 3.64. The molecule has 2 aromatic rings. The lowest BCUT2D eigenvalue weighted by Crippen LogP contribution is -2.30. The summed E-state index contributed by atoms with van der Waals surface area (Å²) in [5.74, 6) is 1.07. The molecule has 1 heterocycles. The van der Waals surface area contributed by atoms with Crippen molar-refractivity contribution in [1.82, 2.24) is 5.32 Å². The lowest BCUT2D eigenvalue weighted by atomic mass is 9.83. The fourth-order valence-electron chi connectivity index (χ4n) is 3.13. The minimum absolute atomic E-state index is 0.107. The van der Waals surface area contributed by atoms with Crippen molar-refractivity contribution in [2.45, 2.75) is 25.3 Å². The molecular formula is C18H20FNO. The molecule has 0 bridgehead atoms. The Balaban J connectivity index is 1.99. The number of rotatable bonds is 4. The van der Waals surface area contributed by atoms with Crippen LogP contribution in [-0.4, -0.2) is 13.2 Å². The number of halogens is 1. The van der Waals surface area contributed by atoms with Gasteiger partial charge in [0.05, 0.1) is 6.61 Å². The van der Waals surface area contributed by atoms with E-state index in [0.29, 0.717) is 12.5 Å². The van der Waals surface area contributed by atoms with Crippen LogP contribution in [0.25, 0.3) is 0 Å². The largest absolute Gasteiger partial charge is 0.493 e. The van der Waals surface area contributed by atoms with E-state index in [2.05, 4.69) is 18.3 Å². The highest BCUT2D eigenvalue weighted by Gasteiger charge is 2.29. The molecule has 0 radical (unpaired) electrons. The Kier molecular flexibility index (Phi) is 4.20. The van der Waals surface area contributed by atoms with Crippen molar-refractivity contribution in [2.75, 3.05) is 13.2 Å². The lowest BCUT2D eigenvalue weighted by Gasteiger charge is -2.33. The molecule has 0 spiro atoms. The SMILES string of the molecule is CCNC(c1cccc(F)c1)C1CCOc2ccccc21. The van der Waals surface area contributed by atoms with Crippen LogP contribution < -0.4 is 10.1 Å². The summed E-state index contributed by atoms with van der Waals surface area (Å²) in [4.78, 5) is 0. The first-order valence-corrected chi connectivity index (χ1v) is 7.50. The van der Waals surface area contributed by atoms with Crippen LogP contribution in [0.4, 0.5) is 4.39 Å². The van der Waals surface area contributed by atoms with E-state index in [4.69, 9.17) is 4.74 Å². The maximum atomic E-state index is 13.6. The molecule has 2 nitrogen and oxygen atoms in total. The molecule has 110 valence electrons. The van der Waals surface area contributed by atoms with Crippen molar-refractivity contribution < 1.29 is 9.13 Å². The molecule has 0 saturated carbocycles. The van der Waals surface area contributed by atoms with Gasteiger partial charge in [0.15, 0.2) is 0 Å². The van der Waals surface area contributed by atoms with Gasteiger partial charge in [-0.15, -0.1) is 0 Å². The third kappa shape index (κ3) is 2.93. The van der Waals surface area contributed by atoms with Gasteiger partial charge in [0.1, 0.15) is 11.6 Å². The Morgan fingerprint density at radius 2 is 2.10 bits per heavy atom. The van der Waals surface area contributed by atoms with Crippen molar-refractivity contribution in [2.24, 2.45) is 0 Å². The van der Waals surface area contributed by atoms with E-state index in [1.54, 1.807) is 12.1 Å². The van der Waals surface area contributed by atoms with Gasteiger partial charge in [0.2, 0.25) is 0 Å². The molecule has 0 fully saturated rings. The van der Waals surface area contributed by atoms with Crippen LogP contribution in [0.3, 0.4) is 0 Å². The first-order valence-electron chi connectivity index (χ1n) is 7.50. The average molecular weight is 285 g/mol. The molecule has 0 aromatic heterocycles. The normalized spacial score (nSPS) is 18.7. The van der Waals surface area contributed by atoms with Gasteiger partial charge in [-0.3, -0.25) is 0 Å². The van der Waals surface area contributed by atoms with Gasteiger partial charge in [-0.25, -0.2) is 4.39 Å². The van der Waals surface area contributed by atoms with Crippen LogP contribution >= 0.6 is 0 Å². The molecule has 2 aromatic carbocycles. The highest BCUT2D eigenvalue weighted by Crippen LogP contribution is 2.41.